The van der Waals surface area contributed by atoms with Gasteiger partial charge >= 0.3 is 0 Å². The van der Waals surface area contributed by atoms with Crippen LogP contribution in [0.3, 0.4) is 0 Å². The minimum atomic E-state index is 0.149. The molecule has 4 aromatic rings. The van der Waals surface area contributed by atoms with Crippen molar-refractivity contribution in [1.29, 1.82) is 0 Å². The molecule has 0 aliphatic carbocycles. The fourth-order valence-corrected chi connectivity index (χ4v) is 2.74. The Balaban J connectivity index is 1.78. The topological polar surface area (TPSA) is 71.2 Å². The van der Waals surface area contributed by atoms with Gasteiger partial charge < -0.3 is 10.2 Å². The van der Waals surface area contributed by atoms with E-state index < -0.39 is 0 Å². The zero-order valence-electron chi connectivity index (χ0n) is 14.4. The molecule has 0 saturated heterocycles. The van der Waals surface area contributed by atoms with E-state index in [1.54, 1.807) is 35.0 Å². The molecule has 132 valence electrons. The van der Waals surface area contributed by atoms with Crippen molar-refractivity contribution in [3.05, 3.63) is 90.3 Å². The molecule has 0 aliphatic rings. The van der Waals surface area contributed by atoms with Gasteiger partial charge in [0.2, 0.25) is 0 Å². The van der Waals surface area contributed by atoms with Gasteiger partial charge in [-0.3, -0.25) is 0 Å². The molecule has 4 rings (SSSR count). The van der Waals surface area contributed by atoms with Crippen LogP contribution < -0.4 is 0 Å². The monoisotopic (exact) mass is 355 g/mol. The van der Waals surface area contributed by atoms with E-state index in [1.165, 1.54) is 0 Å². The third kappa shape index (κ3) is 3.57. The zero-order valence-corrected chi connectivity index (χ0v) is 14.4. The van der Waals surface area contributed by atoms with Crippen LogP contribution in [0.4, 0.5) is 0 Å². The third-order valence-corrected chi connectivity index (χ3v) is 4.09. The zero-order chi connectivity index (χ0) is 18.6. The van der Waals surface area contributed by atoms with Gasteiger partial charge in [0, 0.05) is 0 Å². The van der Waals surface area contributed by atoms with Crippen molar-refractivity contribution < 1.29 is 10.2 Å². The van der Waals surface area contributed by atoms with Crippen LogP contribution in [0.1, 0.15) is 11.4 Å². The Kier molecular flexibility index (Phi) is 4.41. The van der Waals surface area contributed by atoms with E-state index >= 15 is 0 Å². The summed E-state index contributed by atoms with van der Waals surface area (Å²) in [6, 6.07) is 23.6. The Bertz CT molecular complexity index is 1080. The molecular weight excluding hydrogens is 338 g/mol. The van der Waals surface area contributed by atoms with Crippen molar-refractivity contribution in [2.24, 2.45) is 0 Å². The lowest BCUT2D eigenvalue weighted by molar-refractivity contribution is 0.475. The summed E-state index contributed by atoms with van der Waals surface area (Å²) in [6.45, 7) is 0. The maximum Gasteiger partial charge on any atom is 0.175 e. The molecule has 5 nitrogen and oxygen atoms in total. The van der Waals surface area contributed by atoms with Gasteiger partial charge in [0.1, 0.15) is 11.5 Å². The number of benzene rings is 3. The van der Waals surface area contributed by atoms with Gasteiger partial charge in [-0.15, -0.1) is 5.10 Å². The van der Waals surface area contributed by atoms with E-state index in [0.717, 1.165) is 11.3 Å². The molecule has 1 aromatic heterocycles. The molecule has 3 aromatic carbocycles. The maximum absolute atomic E-state index is 10.3. The van der Waals surface area contributed by atoms with Crippen LogP contribution in [0, 0.1) is 0 Å². The van der Waals surface area contributed by atoms with Gasteiger partial charge in [0.25, 0.3) is 0 Å². The van der Waals surface area contributed by atoms with E-state index in [0.29, 0.717) is 17.2 Å². The average Bonchev–Trinajstić information content (AvgIpc) is 3.13. The first-order valence-corrected chi connectivity index (χ1v) is 8.49. The van der Waals surface area contributed by atoms with Crippen molar-refractivity contribution >= 4 is 12.2 Å². The normalized spacial score (nSPS) is 11.1. The van der Waals surface area contributed by atoms with Gasteiger partial charge in [0.15, 0.2) is 11.6 Å². The molecule has 0 spiro atoms. The van der Waals surface area contributed by atoms with E-state index in [9.17, 15) is 10.2 Å². The van der Waals surface area contributed by atoms with E-state index in [4.69, 9.17) is 0 Å². The Morgan fingerprint density at radius 2 is 1.44 bits per heavy atom. The summed E-state index contributed by atoms with van der Waals surface area (Å²) >= 11 is 0. The molecule has 0 radical (unpaired) electrons. The lowest BCUT2D eigenvalue weighted by Gasteiger charge is -2.06. The largest absolute Gasteiger partial charge is 0.508 e. The van der Waals surface area contributed by atoms with E-state index in [-0.39, 0.29) is 11.5 Å². The van der Waals surface area contributed by atoms with E-state index in [2.05, 4.69) is 10.1 Å². The Morgan fingerprint density at radius 3 is 2.19 bits per heavy atom. The average molecular weight is 355 g/mol. The highest BCUT2D eigenvalue weighted by Crippen LogP contribution is 2.29. The SMILES string of the molecule is Oc1ccc(C=Cc2nc(-c3ccccc3O)n(-c3ccccc3)n2)cc1. The highest BCUT2D eigenvalue weighted by molar-refractivity contribution is 5.70. The number of rotatable bonds is 4. The quantitative estimate of drug-likeness (QED) is 0.565. The lowest BCUT2D eigenvalue weighted by atomic mass is 10.2. The van der Waals surface area contributed by atoms with Gasteiger partial charge in [-0.05, 0) is 48.0 Å². The van der Waals surface area contributed by atoms with Crippen molar-refractivity contribution in [3.8, 4) is 28.6 Å². The summed E-state index contributed by atoms with van der Waals surface area (Å²) in [7, 11) is 0. The predicted octanol–water partition coefficient (Wildman–Crippen LogP) is 4.52. The van der Waals surface area contributed by atoms with Crippen molar-refractivity contribution in [2.75, 3.05) is 0 Å². The Hall–Kier alpha value is -3.86. The summed E-state index contributed by atoms with van der Waals surface area (Å²) in [5.41, 5.74) is 2.39. The lowest BCUT2D eigenvalue weighted by Crippen LogP contribution is -1.99. The van der Waals surface area contributed by atoms with Gasteiger partial charge in [-0.1, -0.05) is 48.5 Å². The number of phenolic OH excluding ortho intramolecular Hbond substituents is 2. The van der Waals surface area contributed by atoms with Crippen molar-refractivity contribution in [3.63, 3.8) is 0 Å². The first-order valence-electron chi connectivity index (χ1n) is 8.49. The molecule has 0 amide bonds. The molecular formula is C22H17N3O2. The van der Waals surface area contributed by atoms with Crippen molar-refractivity contribution in [2.45, 2.75) is 0 Å². The molecule has 5 heteroatoms. The summed E-state index contributed by atoms with van der Waals surface area (Å²) in [4.78, 5) is 4.61. The minimum absolute atomic E-state index is 0.149. The molecule has 2 N–H and O–H groups in total. The van der Waals surface area contributed by atoms with Crippen LogP contribution in [0.5, 0.6) is 11.5 Å². The number of hydrogen-bond donors (Lipinski definition) is 2. The molecule has 0 atom stereocenters. The van der Waals surface area contributed by atoms with E-state index in [1.807, 2.05) is 60.7 Å². The first-order chi connectivity index (χ1) is 13.2. The van der Waals surface area contributed by atoms with Crippen LogP contribution in [-0.4, -0.2) is 25.0 Å². The number of hydrogen-bond acceptors (Lipinski definition) is 4. The highest BCUT2D eigenvalue weighted by Gasteiger charge is 2.15. The van der Waals surface area contributed by atoms with Crippen molar-refractivity contribution in [1.82, 2.24) is 14.8 Å². The highest BCUT2D eigenvalue weighted by atomic mass is 16.3. The van der Waals surface area contributed by atoms with Crippen LogP contribution in [0.25, 0.3) is 29.2 Å². The van der Waals surface area contributed by atoms with Crippen LogP contribution in [-0.2, 0) is 0 Å². The Morgan fingerprint density at radius 1 is 0.741 bits per heavy atom. The second-order valence-electron chi connectivity index (χ2n) is 5.98. The van der Waals surface area contributed by atoms with Gasteiger partial charge in [0.05, 0.1) is 11.3 Å². The summed E-state index contributed by atoms with van der Waals surface area (Å²) in [5.74, 6) is 1.45. The second kappa shape index (κ2) is 7.17. The van der Waals surface area contributed by atoms with Gasteiger partial charge in [-0.25, -0.2) is 9.67 Å². The summed E-state index contributed by atoms with van der Waals surface area (Å²) in [5, 5.41) is 24.2. The molecule has 0 bridgehead atoms. The molecule has 1 heterocycles. The van der Waals surface area contributed by atoms with Gasteiger partial charge in [-0.2, -0.15) is 0 Å². The number of aromatic nitrogens is 3. The first kappa shape index (κ1) is 16.6. The maximum atomic E-state index is 10.3. The van der Waals surface area contributed by atoms with Crippen LogP contribution in [0.15, 0.2) is 78.9 Å². The standard InChI is InChI=1S/C22H17N3O2/c26-18-13-10-16(11-14-18)12-15-21-23-22(19-8-4-5-9-20(19)27)25(24-21)17-6-2-1-3-7-17/h1-15,26-27H. The number of phenols is 2. The Labute approximate surface area is 156 Å². The predicted molar refractivity (Wildman–Crippen MR) is 105 cm³/mol. The molecule has 0 saturated carbocycles. The molecule has 0 aliphatic heterocycles. The van der Waals surface area contributed by atoms with Crippen LogP contribution >= 0.6 is 0 Å². The molecule has 0 unspecified atom stereocenters. The fraction of sp³-hybridized carbons (Fsp3) is 0. The molecule has 27 heavy (non-hydrogen) atoms. The fourth-order valence-electron chi connectivity index (χ4n) is 2.74. The number of aromatic hydroxyl groups is 2. The third-order valence-electron chi connectivity index (χ3n) is 4.09. The summed E-state index contributed by atoms with van der Waals surface area (Å²) < 4.78 is 1.71. The van der Waals surface area contributed by atoms with Crippen LogP contribution in [0.2, 0.25) is 0 Å². The second-order valence-corrected chi connectivity index (χ2v) is 5.98. The minimum Gasteiger partial charge on any atom is -0.508 e. The number of para-hydroxylation sites is 2. The smallest absolute Gasteiger partial charge is 0.175 e. The number of nitrogens with zero attached hydrogens (tertiary/aromatic N) is 3. The summed E-state index contributed by atoms with van der Waals surface area (Å²) in [6.07, 6.45) is 3.67. The molecule has 0 fully saturated rings.